The molecule has 0 radical (unpaired) electrons. The van der Waals surface area contributed by atoms with E-state index in [9.17, 15) is 9.59 Å². The van der Waals surface area contributed by atoms with Gasteiger partial charge in [-0.1, -0.05) is 0 Å². The average molecular weight is 220 g/mol. The van der Waals surface area contributed by atoms with E-state index in [0.29, 0.717) is 6.61 Å². The molecule has 6 nitrogen and oxygen atoms in total. The van der Waals surface area contributed by atoms with Gasteiger partial charge in [-0.15, -0.1) is 0 Å². The maximum Gasteiger partial charge on any atom is 0.347 e. The summed E-state index contributed by atoms with van der Waals surface area (Å²) in [6, 6.07) is 0. The van der Waals surface area contributed by atoms with Crippen molar-refractivity contribution < 1.29 is 28.9 Å². The number of hydrogen-bond acceptors (Lipinski definition) is 5. The summed E-state index contributed by atoms with van der Waals surface area (Å²) < 4.78 is 14.3. The summed E-state index contributed by atoms with van der Waals surface area (Å²) in [6.45, 7) is 4.33. The molecule has 0 bridgehead atoms. The smallest absolute Gasteiger partial charge is 0.347 e. The molecule has 0 aromatic carbocycles. The first-order valence-electron chi connectivity index (χ1n) is 4.72. The topological polar surface area (TPSA) is 82.1 Å². The molecule has 0 fully saturated rings. The molecular formula is C9H16O6. The molecule has 0 aromatic rings. The molecule has 0 aromatic heterocycles. The Morgan fingerprint density at radius 1 is 1.20 bits per heavy atom. The number of rotatable bonds is 8. The minimum atomic E-state index is -1.56. The first-order valence-corrected chi connectivity index (χ1v) is 4.72. The number of carboxylic acids is 1. The van der Waals surface area contributed by atoms with Gasteiger partial charge in [-0.25, -0.2) is 9.59 Å². The van der Waals surface area contributed by atoms with Crippen molar-refractivity contribution in [2.75, 3.05) is 26.4 Å². The summed E-state index contributed by atoms with van der Waals surface area (Å²) in [5, 5.41) is 8.66. The molecule has 1 atom stereocenters. The number of hydrogen-bond donors (Lipinski definition) is 1. The van der Waals surface area contributed by atoms with E-state index in [-0.39, 0.29) is 19.8 Å². The fourth-order valence-electron chi connectivity index (χ4n) is 0.827. The van der Waals surface area contributed by atoms with Gasteiger partial charge in [0, 0.05) is 6.61 Å². The van der Waals surface area contributed by atoms with Crippen LogP contribution in [0.3, 0.4) is 0 Å². The molecule has 0 aliphatic carbocycles. The largest absolute Gasteiger partial charge is 0.479 e. The van der Waals surface area contributed by atoms with Crippen molar-refractivity contribution in [2.45, 2.75) is 20.0 Å². The maximum atomic E-state index is 11.1. The van der Waals surface area contributed by atoms with Gasteiger partial charge in [0.15, 0.2) is 0 Å². The Hall–Kier alpha value is -1.14. The van der Waals surface area contributed by atoms with Crippen molar-refractivity contribution in [3.05, 3.63) is 0 Å². The Morgan fingerprint density at radius 3 is 2.33 bits per heavy atom. The molecule has 0 amide bonds. The molecule has 88 valence electrons. The fourth-order valence-corrected chi connectivity index (χ4v) is 0.827. The van der Waals surface area contributed by atoms with Gasteiger partial charge in [0.2, 0.25) is 0 Å². The van der Waals surface area contributed by atoms with Crippen LogP contribution in [0.15, 0.2) is 0 Å². The van der Waals surface area contributed by atoms with Gasteiger partial charge in [0.05, 0.1) is 19.8 Å². The highest BCUT2D eigenvalue weighted by Gasteiger charge is 2.28. The van der Waals surface area contributed by atoms with Gasteiger partial charge in [-0.3, -0.25) is 0 Å². The standard InChI is InChI=1S/C9H16O6/c1-3-13-5-6-15-7(8(10)11)9(12)14-4-2/h7H,3-6H2,1-2H3,(H,10,11). The van der Waals surface area contributed by atoms with Crippen LogP contribution in [-0.2, 0) is 23.8 Å². The van der Waals surface area contributed by atoms with Gasteiger partial charge in [-0.05, 0) is 13.8 Å². The first-order chi connectivity index (χ1) is 7.13. The van der Waals surface area contributed by atoms with E-state index < -0.39 is 18.0 Å². The Bertz CT molecular complexity index is 203. The first kappa shape index (κ1) is 13.9. The van der Waals surface area contributed by atoms with Crippen molar-refractivity contribution >= 4 is 11.9 Å². The van der Waals surface area contributed by atoms with Crippen LogP contribution in [-0.4, -0.2) is 49.6 Å². The van der Waals surface area contributed by atoms with E-state index >= 15 is 0 Å². The third-order valence-electron chi connectivity index (χ3n) is 1.44. The number of carboxylic acid groups (broad SMARTS) is 1. The molecular weight excluding hydrogens is 204 g/mol. The summed E-state index contributed by atoms with van der Waals surface area (Å²) in [6.07, 6.45) is -1.56. The summed E-state index contributed by atoms with van der Waals surface area (Å²) >= 11 is 0. The molecule has 0 aliphatic rings. The highest BCUT2D eigenvalue weighted by Crippen LogP contribution is 1.97. The molecule has 0 rings (SSSR count). The van der Waals surface area contributed by atoms with E-state index in [0.717, 1.165) is 0 Å². The molecule has 0 heterocycles. The van der Waals surface area contributed by atoms with E-state index in [4.69, 9.17) is 14.6 Å². The van der Waals surface area contributed by atoms with Crippen molar-refractivity contribution in [3.63, 3.8) is 0 Å². The second-order valence-corrected chi connectivity index (χ2v) is 2.54. The number of ether oxygens (including phenoxy) is 3. The summed E-state index contributed by atoms with van der Waals surface area (Å²) in [5.74, 6) is -2.24. The number of carbonyl (C=O) groups is 2. The van der Waals surface area contributed by atoms with Crippen LogP contribution in [0.5, 0.6) is 0 Å². The van der Waals surface area contributed by atoms with Crippen molar-refractivity contribution in [1.29, 1.82) is 0 Å². The minimum Gasteiger partial charge on any atom is -0.479 e. The Labute approximate surface area is 88.1 Å². The van der Waals surface area contributed by atoms with E-state index in [1.54, 1.807) is 13.8 Å². The molecule has 0 saturated heterocycles. The molecule has 0 aliphatic heterocycles. The van der Waals surface area contributed by atoms with Crippen LogP contribution < -0.4 is 0 Å². The molecule has 6 heteroatoms. The molecule has 1 N–H and O–H groups in total. The van der Waals surface area contributed by atoms with Crippen LogP contribution in [0.2, 0.25) is 0 Å². The average Bonchev–Trinajstić information content (AvgIpc) is 2.17. The van der Waals surface area contributed by atoms with Gasteiger partial charge < -0.3 is 19.3 Å². The minimum absolute atomic E-state index is 0.0453. The van der Waals surface area contributed by atoms with Crippen LogP contribution in [0.25, 0.3) is 0 Å². The Balaban J connectivity index is 3.94. The highest BCUT2D eigenvalue weighted by molar-refractivity contribution is 5.97. The summed E-state index contributed by atoms with van der Waals surface area (Å²) in [4.78, 5) is 21.7. The monoisotopic (exact) mass is 220 g/mol. The lowest BCUT2D eigenvalue weighted by atomic mass is 10.3. The lowest BCUT2D eigenvalue weighted by molar-refractivity contribution is -0.170. The van der Waals surface area contributed by atoms with Crippen molar-refractivity contribution in [1.82, 2.24) is 0 Å². The van der Waals surface area contributed by atoms with Gasteiger partial charge >= 0.3 is 11.9 Å². The molecule has 0 saturated carbocycles. The lowest BCUT2D eigenvalue weighted by Crippen LogP contribution is -2.35. The van der Waals surface area contributed by atoms with Gasteiger partial charge in [0.1, 0.15) is 0 Å². The summed E-state index contributed by atoms with van der Waals surface area (Å²) in [7, 11) is 0. The normalized spacial score (nSPS) is 12.1. The number of carbonyl (C=O) groups excluding carboxylic acids is 1. The molecule has 15 heavy (non-hydrogen) atoms. The van der Waals surface area contributed by atoms with E-state index in [2.05, 4.69) is 4.74 Å². The Morgan fingerprint density at radius 2 is 1.87 bits per heavy atom. The second kappa shape index (κ2) is 8.19. The molecule has 0 spiro atoms. The number of esters is 1. The summed E-state index contributed by atoms with van der Waals surface area (Å²) in [5.41, 5.74) is 0. The predicted molar refractivity (Wildman–Crippen MR) is 50.5 cm³/mol. The third-order valence-corrected chi connectivity index (χ3v) is 1.44. The van der Waals surface area contributed by atoms with E-state index in [1.807, 2.05) is 0 Å². The predicted octanol–water partition coefficient (Wildman–Crippen LogP) is 0.0558. The SMILES string of the molecule is CCOCCOC(C(=O)O)C(=O)OCC. The second-order valence-electron chi connectivity index (χ2n) is 2.54. The van der Waals surface area contributed by atoms with Crippen LogP contribution >= 0.6 is 0 Å². The van der Waals surface area contributed by atoms with E-state index in [1.165, 1.54) is 0 Å². The Kier molecular flexibility index (Phi) is 7.57. The zero-order chi connectivity index (χ0) is 11.7. The van der Waals surface area contributed by atoms with Crippen LogP contribution in [0, 0.1) is 0 Å². The number of aliphatic carboxylic acids is 1. The van der Waals surface area contributed by atoms with Crippen LogP contribution in [0.1, 0.15) is 13.8 Å². The highest BCUT2D eigenvalue weighted by atomic mass is 16.6. The maximum absolute atomic E-state index is 11.1. The lowest BCUT2D eigenvalue weighted by Gasteiger charge is -2.11. The van der Waals surface area contributed by atoms with Crippen molar-refractivity contribution in [3.8, 4) is 0 Å². The zero-order valence-corrected chi connectivity index (χ0v) is 8.89. The fraction of sp³-hybridized carbons (Fsp3) is 0.778. The third kappa shape index (κ3) is 6.03. The van der Waals surface area contributed by atoms with Crippen LogP contribution in [0.4, 0.5) is 0 Å². The quantitative estimate of drug-likeness (QED) is 0.354. The zero-order valence-electron chi connectivity index (χ0n) is 8.89. The van der Waals surface area contributed by atoms with Crippen molar-refractivity contribution in [2.24, 2.45) is 0 Å². The van der Waals surface area contributed by atoms with Gasteiger partial charge in [0.25, 0.3) is 6.10 Å². The van der Waals surface area contributed by atoms with Gasteiger partial charge in [-0.2, -0.15) is 0 Å². The molecule has 1 unspecified atom stereocenters.